The molecule has 0 aliphatic heterocycles. The van der Waals surface area contributed by atoms with E-state index in [0.29, 0.717) is 17.5 Å². The molecule has 0 radical (unpaired) electrons. The average Bonchev–Trinajstić information content (AvgIpc) is 2.97. The number of fused-ring (bicyclic) bond motifs is 1. The predicted octanol–water partition coefficient (Wildman–Crippen LogP) is 2.13. The number of aromatic nitrogens is 2. The first-order valence-electron chi connectivity index (χ1n) is 6.34. The van der Waals surface area contributed by atoms with Gasteiger partial charge in [0.25, 0.3) is 0 Å². The molecule has 6 nitrogen and oxygen atoms in total. The number of halogens is 1. The van der Waals surface area contributed by atoms with Gasteiger partial charge in [-0.2, -0.15) is 0 Å². The van der Waals surface area contributed by atoms with Crippen molar-refractivity contribution in [3.8, 4) is 0 Å². The Morgan fingerprint density at radius 1 is 1.57 bits per heavy atom. The number of ether oxygens (including phenoxy) is 1. The molecule has 1 N–H and O–H groups in total. The van der Waals surface area contributed by atoms with Gasteiger partial charge in [0.15, 0.2) is 10.1 Å². The van der Waals surface area contributed by atoms with E-state index in [1.807, 2.05) is 11.6 Å². The molecule has 1 amide bonds. The highest BCUT2D eigenvalue weighted by molar-refractivity contribution is 7.15. The van der Waals surface area contributed by atoms with Gasteiger partial charge in [-0.15, -0.1) is 11.3 Å². The fraction of sp³-hybridized carbons (Fsp3) is 0.308. The van der Waals surface area contributed by atoms with Gasteiger partial charge in [-0.3, -0.25) is 14.0 Å². The predicted molar refractivity (Wildman–Crippen MR) is 81.4 cm³/mol. The second kappa shape index (κ2) is 7.24. The molecule has 2 heterocycles. The maximum atomic E-state index is 11.6. The summed E-state index contributed by atoms with van der Waals surface area (Å²) in [6, 6.07) is 0. The zero-order valence-electron chi connectivity index (χ0n) is 11.3. The molecule has 0 saturated carbocycles. The maximum absolute atomic E-state index is 11.6. The minimum Gasteiger partial charge on any atom is -0.466 e. The fourth-order valence-electron chi connectivity index (χ4n) is 1.66. The van der Waals surface area contributed by atoms with Crippen LogP contribution in [-0.2, 0) is 14.3 Å². The van der Waals surface area contributed by atoms with Gasteiger partial charge in [-0.05, 0) is 13.0 Å². The maximum Gasteiger partial charge on any atom is 0.307 e. The summed E-state index contributed by atoms with van der Waals surface area (Å²) in [5.74, 6) is -0.638. The first kappa shape index (κ1) is 15.5. The zero-order chi connectivity index (χ0) is 15.2. The van der Waals surface area contributed by atoms with Crippen molar-refractivity contribution in [2.45, 2.75) is 13.3 Å². The van der Waals surface area contributed by atoms with Crippen molar-refractivity contribution in [3.63, 3.8) is 0 Å². The molecular weight excluding hydrogens is 314 g/mol. The van der Waals surface area contributed by atoms with Crippen molar-refractivity contribution < 1.29 is 14.3 Å². The van der Waals surface area contributed by atoms with E-state index in [1.54, 1.807) is 17.4 Å². The second-order valence-corrected chi connectivity index (χ2v) is 5.25. The minimum atomic E-state index is -0.333. The number of nitrogens with zero attached hydrogens (tertiary/aromatic N) is 2. The van der Waals surface area contributed by atoms with Crippen LogP contribution in [0.25, 0.3) is 11.0 Å². The van der Waals surface area contributed by atoms with Crippen LogP contribution in [0.15, 0.2) is 17.7 Å². The summed E-state index contributed by atoms with van der Waals surface area (Å²) in [6.07, 6.45) is 4.93. The number of carbonyl (C=O) groups excluding carboxylic acids is 2. The van der Waals surface area contributed by atoms with Gasteiger partial charge in [0, 0.05) is 24.2 Å². The van der Waals surface area contributed by atoms with Crippen molar-refractivity contribution in [2.75, 3.05) is 13.2 Å². The number of nitrogens with one attached hydrogen (secondary N) is 1. The molecule has 0 fully saturated rings. The minimum absolute atomic E-state index is 0.148. The lowest BCUT2D eigenvalue weighted by atomic mass is 10.3. The summed E-state index contributed by atoms with van der Waals surface area (Å²) in [6.45, 7) is 2.30. The molecule has 2 aromatic heterocycles. The van der Waals surface area contributed by atoms with E-state index >= 15 is 0 Å². The molecule has 112 valence electrons. The molecule has 0 unspecified atom stereocenters. The Hall–Kier alpha value is -1.86. The van der Waals surface area contributed by atoms with Gasteiger partial charge in [0.05, 0.1) is 18.7 Å². The lowest BCUT2D eigenvalue weighted by Crippen LogP contribution is -2.24. The summed E-state index contributed by atoms with van der Waals surface area (Å²) in [4.78, 5) is 27.7. The Kier molecular flexibility index (Phi) is 5.35. The number of thiazole rings is 1. The molecule has 0 aliphatic carbocycles. The molecule has 0 saturated heterocycles. The van der Waals surface area contributed by atoms with Gasteiger partial charge in [-0.25, -0.2) is 4.98 Å². The number of rotatable bonds is 6. The van der Waals surface area contributed by atoms with Gasteiger partial charge in [0.1, 0.15) is 0 Å². The van der Waals surface area contributed by atoms with Crippen molar-refractivity contribution >= 4 is 45.9 Å². The van der Waals surface area contributed by atoms with Crippen molar-refractivity contribution in [1.82, 2.24) is 14.7 Å². The number of amides is 1. The van der Waals surface area contributed by atoms with Crippen LogP contribution in [0.3, 0.4) is 0 Å². The van der Waals surface area contributed by atoms with Crippen LogP contribution in [0.1, 0.15) is 19.0 Å². The largest absolute Gasteiger partial charge is 0.466 e. The van der Waals surface area contributed by atoms with Crippen molar-refractivity contribution in [3.05, 3.63) is 28.5 Å². The third-order valence-corrected chi connectivity index (χ3v) is 3.62. The quantitative estimate of drug-likeness (QED) is 0.651. The van der Waals surface area contributed by atoms with E-state index in [-0.39, 0.29) is 24.8 Å². The number of hydrogen-bond acceptors (Lipinski definition) is 5. The molecule has 0 atom stereocenters. The van der Waals surface area contributed by atoms with Crippen LogP contribution >= 0.6 is 22.9 Å². The molecule has 8 heteroatoms. The molecular formula is C13H14ClN3O3S. The molecule has 0 aliphatic rings. The van der Waals surface area contributed by atoms with Gasteiger partial charge >= 0.3 is 5.97 Å². The summed E-state index contributed by atoms with van der Waals surface area (Å²) >= 11 is 7.46. The third kappa shape index (κ3) is 4.05. The Morgan fingerprint density at radius 2 is 2.38 bits per heavy atom. The molecule has 2 aromatic rings. The summed E-state index contributed by atoms with van der Waals surface area (Å²) in [7, 11) is 0. The van der Waals surface area contributed by atoms with E-state index in [2.05, 4.69) is 10.3 Å². The van der Waals surface area contributed by atoms with Crippen LogP contribution in [0.5, 0.6) is 0 Å². The van der Waals surface area contributed by atoms with Gasteiger partial charge in [0.2, 0.25) is 5.91 Å². The average molecular weight is 328 g/mol. The highest BCUT2D eigenvalue weighted by Gasteiger charge is 2.08. The molecule has 0 spiro atoms. The Labute approximate surface area is 130 Å². The number of carbonyl (C=O) groups is 2. The van der Waals surface area contributed by atoms with Crippen LogP contribution < -0.4 is 5.32 Å². The van der Waals surface area contributed by atoms with E-state index in [0.717, 1.165) is 4.96 Å². The number of hydrogen-bond donors (Lipinski definition) is 1. The first-order valence-corrected chi connectivity index (χ1v) is 7.60. The lowest BCUT2D eigenvalue weighted by Gasteiger charge is -2.02. The summed E-state index contributed by atoms with van der Waals surface area (Å²) in [5, 5.41) is 4.83. The van der Waals surface area contributed by atoms with Crippen molar-refractivity contribution in [2.24, 2.45) is 0 Å². The van der Waals surface area contributed by atoms with Gasteiger partial charge < -0.3 is 10.1 Å². The monoisotopic (exact) mass is 327 g/mol. The van der Waals surface area contributed by atoms with E-state index < -0.39 is 0 Å². The van der Waals surface area contributed by atoms with E-state index in [1.165, 1.54) is 17.4 Å². The van der Waals surface area contributed by atoms with Crippen LogP contribution in [0.2, 0.25) is 5.15 Å². The lowest BCUT2D eigenvalue weighted by molar-refractivity contribution is -0.142. The third-order valence-electron chi connectivity index (χ3n) is 2.58. The Morgan fingerprint density at radius 3 is 3.14 bits per heavy atom. The zero-order valence-corrected chi connectivity index (χ0v) is 12.9. The normalized spacial score (nSPS) is 11.1. The summed E-state index contributed by atoms with van der Waals surface area (Å²) in [5.41, 5.74) is 0.647. The molecule has 21 heavy (non-hydrogen) atoms. The Bertz CT molecular complexity index is 677. The molecule has 2 rings (SSSR count). The standard InChI is InChI=1S/C13H14ClN3O3S/c1-2-20-11(19)5-6-15-10(18)4-3-9-12(14)16-13-17(9)7-8-21-13/h3-4,7-8H,2,5-6H2,1H3,(H,15,18). The van der Waals surface area contributed by atoms with Crippen LogP contribution in [0.4, 0.5) is 0 Å². The Balaban J connectivity index is 1.89. The second-order valence-electron chi connectivity index (χ2n) is 4.02. The van der Waals surface area contributed by atoms with E-state index in [4.69, 9.17) is 16.3 Å². The van der Waals surface area contributed by atoms with Crippen LogP contribution in [0, 0.1) is 0 Å². The highest BCUT2D eigenvalue weighted by atomic mass is 35.5. The topological polar surface area (TPSA) is 72.7 Å². The summed E-state index contributed by atoms with van der Waals surface area (Å²) < 4.78 is 6.56. The smallest absolute Gasteiger partial charge is 0.307 e. The first-order chi connectivity index (χ1) is 10.1. The van der Waals surface area contributed by atoms with Crippen molar-refractivity contribution in [1.29, 1.82) is 0 Å². The number of esters is 1. The SMILES string of the molecule is CCOC(=O)CCNC(=O)C=Cc1c(Cl)nc2sccn12. The fourth-order valence-corrected chi connectivity index (χ4v) is 2.67. The molecule has 0 bridgehead atoms. The number of imidazole rings is 1. The van der Waals surface area contributed by atoms with Gasteiger partial charge in [-0.1, -0.05) is 11.6 Å². The highest BCUT2D eigenvalue weighted by Crippen LogP contribution is 2.22. The van der Waals surface area contributed by atoms with Crippen LogP contribution in [-0.4, -0.2) is 34.4 Å². The molecule has 0 aromatic carbocycles. The van der Waals surface area contributed by atoms with E-state index in [9.17, 15) is 9.59 Å².